The highest BCUT2D eigenvalue weighted by atomic mass is 35.5. The maximum Gasteiger partial charge on any atom is 0.0576 e. The molecular weight excluding hydrogens is 611 g/mol. The van der Waals surface area contributed by atoms with Crippen molar-refractivity contribution in [2.75, 3.05) is 32.7 Å². The molecule has 3 aromatic carbocycles. The lowest BCUT2D eigenvalue weighted by Gasteiger charge is -2.36. The molecule has 0 saturated carbocycles. The first kappa shape index (κ1) is 31.7. The lowest BCUT2D eigenvalue weighted by atomic mass is 9.86. The summed E-state index contributed by atoms with van der Waals surface area (Å²) >= 11 is 13.0. The highest BCUT2D eigenvalue weighted by molar-refractivity contribution is 6.36. The molecule has 2 bridgehead atoms. The normalized spacial score (nSPS) is 21.3. The predicted molar refractivity (Wildman–Crippen MR) is 192 cm³/mol. The van der Waals surface area contributed by atoms with Crippen LogP contribution in [0.5, 0.6) is 0 Å². The maximum absolute atomic E-state index is 6.67. The van der Waals surface area contributed by atoms with E-state index in [9.17, 15) is 0 Å². The number of benzene rings is 3. The fourth-order valence-electron chi connectivity index (χ4n) is 7.77. The molecule has 2 unspecified atom stereocenters. The summed E-state index contributed by atoms with van der Waals surface area (Å²) < 4.78 is 2.43. The fourth-order valence-corrected chi connectivity index (χ4v) is 8.29. The third-order valence-corrected chi connectivity index (χ3v) is 11.3. The van der Waals surface area contributed by atoms with Gasteiger partial charge in [0.15, 0.2) is 0 Å². The number of nitrogens with one attached hydrogen (secondary N) is 2. The number of aromatic nitrogens is 1. The van der Waals surface area contributed by atoms with Crippen LogP contribution in [0, 0.1) is 6.92 Å². The van der Waals surface area contributed by atoms with Crippen molar-refractivity contribution in [3.8, 4) is 11.1 Å². The summed E-state index contributed by atoms with van der Waals surface area (Å²) in [6.07, 6.45) is 6.41. The number of nitrogens with two attached hydrogens (primary N) is 1. The zero-order valence-electron chi connectivity index (χ0n) is 26.9. The average molecular weight is 658 g/mol. The van der Waals surface area contributed by atoms with Gasteiger partial charge in [-0.25, -0.2) is 0 Å². The van der Waals surface area contributed by atoms with Gasteiger partial charge in [-0.1, -0.05) is 71.7 Å². The second kappa shape index (κ2) is 13.3. The van der Waals surface area contributed by atoms with E-state index < -0.39 is 0 Å². The van der Waals surface area contributed by atoms with Gasteiger partial charge in [-0.2, -0.15) is 0 Å². The van der Waals surface area contributed by atoms with Gasteiger partial charge in [0.05, 0.1) is 5.54 Å². The van der Waals surface area contributed by atoms with Crippen LogP contribution in [0.4, 0.5) is 0 Å². The van der Waals surface area contributed by atoms with Crippen molar-refractivity contribution < 1.29 is 0 Å². The van der Waals surface area contributed by atoms with E-state index in [0.29, 0.717) is 12.1 Å². The van der Waals surface area contributed by atoms with Crippen molar-refractivity contribution in [1.29, 1.82) is 0 Å². The first-order valence-corrected chi connectivity index (χ1v) is 17.6. The number of piperidine rings is 1. The van der Waals surface area contributed by atoms with Crippen LogP contribution in [0.3, 0.4) is 0 Å². The molecule has 46 heavy (non-hydrogen) atoms. The van der Waals surface area contributed by atoms with Gasteiger partial charge < -0.3 is 20.9 Å². The van der Waals surface area contributed by atoms with Crippen LogP contribution in [-0.4, -0.2) is 64.7 Å². The Kier molecular flexibility index (Phi) is 9.21. The summed E-state index contributed by atoms with van der Waals surface area (Å²) in [5.41, 5.74) is 14.9. The van der Waals surface area contributed by atoms with E-state index in [4.69, 9.17) is 28.9 Å². The summed E-state index contributed by atoms with van der Waals surface area (Å²) in [7, 11) is 0. The largest absolute Gasteiger partial charge is 0.387 e. The fraction of sp³-hybridized carbons (Fsp3) is 0.421. The Morgan fingerprint density at radius 2 is 1.67 bits per heavy atom. The van der Waals surface area contributed by atoms with Gasteiger partial charge >= 0.3 is 0 Å². The summed E-state index contributed by atoms with van der Waals surface area (Å²) in [5, 5.41) is 9.81. The van der Waals surface area contributed by atoms with Crippen molar-refractivity contribution in [2.45, 2.75) is 69.9 Å². The van der Waals surface area contributed by atoms with Gasteiger partial charge in [0.1, 0.15) is 0 Å². The second-order valence-corrected chi connectivity index (χ2v) is 14.5. The number of hydrogen-bond acceptors (Lipinski definition) is 5. The topological polar surface area (TPSA) is 61.5 Å². The molecule has 3 fully saturated rings. The predicted octanol–water partition coefficient (Wildman–Crippen LogP) is 6.96. The molecule has 0 amide bonds. The monoisotopic (exact) mass is 656 g/mol. The first-order chi connectivity index (χ1) is 22.3. The van der Waals surface area contributed by atoms with Gasteiger partial charge in [0.25, 0.3) is 0 Å². The van der Waals surface area contributed by atoms with Gasteiger partial charge in [0.2, 0.25) is 0 Å². The van der Waals surface area contributed by atoms with Crippen molar-refractivity contribution in [3.05, 3.63) is 106 Å². The third kappa shape index (κ3) is 6.49. The van der Waals surface area contributed by atoms with Gasteiger partial charge in [-0.05, 0) is 81.1 Å². The molecule has 8 heteroatoms. The van der Waals surface area contributed by atoms with E-state index in [1.807, 2.05) is 18.2 Å². The molecule has 4 N–H and O–H groups in total. The number of piperazine rings is 1. The molecule has 2 atom stereocenters. The van der Waals surface area contributed by atoms with Crippen molar-refractivity contribution in [3.63, 3.8) is 0 Å². The Labute approximate surface area is 283 Å². The lowest BCUT2D eigenvalue weighted by molar-refractivity contribution is 0.118. The van der Waals surface area contributed by atoms with Crippen molar-refractivity contribution in [1.82, 2.24) is 25.0 Å². The zero-order valence-corrected chi connectivity index (χ0v) is 28.4. The molecule has 0 spiro atoms. The first-order valence-electron chi connectivity index (χ1n) is 16.8. The molecular formula is C38H46Cl2N6. The zero-order chi connectivity index (χ0) is 31.8. The van der Waals surface area contributed by atoms with E-state index in [1.54, 1.807) is 0 Å². The highest BCUT2D eigenvalue weighted by Crippen LogP contribution is 2.37. The molecule has 0 aliphatic carbocycles. The summed E-state index contributed by atoms with van der Waals surface area (Å²) in [6.45, 7) is 14.1. The maximum atomic E-state index is 6.67. The molecule has 3 aliphatic heterocycles. The van der Waals surface area contributed by atoms with Crippen molar-refractivity contribution in [2.24, 2.45) is 5.73 Å². The van der Waals surface area contributed by atoms with Crippen LogP contribution in [0.15, 0.2) is 79.1 Å². The Morgan fingerprint density at radius 3 is 2.37 bits per heavy atom. The van der Waals surface area contributed by atoms with E-state index >= 15 is 0 Å². The molecule has 7 rings (SSSR count). The van der Waals surface area contributed by atoms with Crippen LogP contribution >= 0.6 is 23.2 Å². The summed E-state index contributed by atoms with van der Waals surface area (Å²) in [6, 6.07) is 22.9. The number of likely N-dealkylation sites (tertiary alicyclic amines) is 2. The number of nitrogens with zero attached hydrogens (tertiary/aromatic N) is 3. The SMILES string of the molecule is C=C(NCCCn1cc(-c2ccc(C)cc2)c2cc(CN3CC4CC3CN4Cc3c(Cl)cccc3Cl)ccc21)C1(N)CCNCC1. The molecule has 242 valence electrons. The Balaban J connectivity index is 1.04. The molecule has 4 heterocycles. The Bertz CT molecular complexity index is 1690. The van der Waals surface area contributed by atoms with E-state index in [1.165, 1.54) is 39.6 Å². The van der Waals surface area contributed by atoms with E-state index in [2.05, 4.69) is 87.2 Å². The molecule has 0 radical (unpaired) electrons. The highest BCUT2D eigenvalue weighted by Gasteiger charge is 2.43. The Morgan fingerprint density at radius 1 is 0.978 bits per heavy atom. The van der Waals surface area contributed by atoms with Crippen LogP contribution in [0.25, 0.3) is 22.0 Å². The molecule has 6 nitrogen and oxygen atoms in total. The second-order valence-electron chi connectivity index (χ2n) is 13.7. The smallest absolute Gasteiger partial charge is 0.0576 e. The van der Waals surface area contributed by atoms with Crippen LogP contribution in [0.1, 0.15) is 42.4 Å². The minimum absolute atomic E-state index is 0.309. The third-order valence-electron chi connectivity index (χ3n) is 10.6. The average Bonchev–Trinajstić information content (AvgIpc) is 3.74. The number of rotatable bonds is 11. The number of aryl methyl sites for hydroxylation is 2. The van der Waals surface area contributed by atoms with E-state index in [0.717, 1.165) is 92.9 Å². The quantitative estimate of drug-likeness (QED) is 0.152. The van der Waals surface area contributed by atoms with E-state index in [-0.39, 0.29) is 5.54 Å². The van der Waals surface area contributed by atoms with Crippen LogP contribution in [-0.2, 0) is 19.6 Å². The number of fused-ring (bicyclic) bond motifs is 3. The standard InChI is InChI=1S/C38H46Cl2N6/c1-26-7-10-29(11-8-26)33-24-44(18-4-15-43-27(2)38(41)13-16-42-17-14-38)37-12-9-28(19-32(33)37)21-45-22-31-20-30(45)23-46(31)25-34-35(39)5-3-6-36(34)40/h3,5-12,19,24,30-31,42-43H,2,4,13-18,20-23,25,41H2,1H3. The van der Waals surface area contributed by atoms with Gasteiger partial charge in [0, 0.05) is 95.3 Å². The summed E-state index contributed by atoms with van der Waals surface area (Å²) in [5.74, 6) is 0. The summed E-state index contributed by atoms with van der Waals surface area (Å²) in [4.78, 5) is 5.24. The molecule has 4 aromatic rings. The van der Waals surface area contributed by atoms with Crippen LogP contribution in [0.2, 0.25) is 10.0 Å². The molecule has 3 aliphatic rings. The number of hydrogen-bond donors (Lipinski definition) is 3. The number of halogens is 2. The molecule has 3 saturated heterocycles. The minimum Gasteiger partial charge on any atom is -0.387 e. The van der Waals surface area contributed by atoms with Gasteiger partial charge in [-0.3, -0.25) is 9.80 Å². The molecule has 1 aromatic heterocycles. The van der Waals surface area contributed by atoms with Crippen LogP contribution < -0.4 is 16.4 Å². The van der Waals surface area contributed by atoms with Gasteiger partial charge in [-0.15, -0.1) is 0 Å². The minimum atomic E-state index is -0.309. The lowest BCUT2D eigenvalue weighted by Crippen LogP contribution is -2.53. The van der Waals surface area contributed by atoms with Crippen molar-refractivity contribution >= 4 is 34.1 Å². The Hall–Kier alpha value is -2.84.